The summed E-state index contributed by atoms with van der Waals surface area (Å²) in [5.41, 5.74) is 0.157. The number of amides is 1. The number of carbonyl (C=O) groups excluding carboxylic acids is 1. The lowest BCUT2D eigenvalue weighted by molar-refractivity contribution is -0.129. The zero-order valence-electron chi connectivity index (χ0n) is 18.1. The third kappa shape index (κ3) is 4.92. The summed E-state index contributed by atoms with van der Waals surface area (Å²) in [7, 11) is 3.64. The van der Waals surface area contributed by atoms with Crippen LogP contribution in [0.25, 0.3) is 0 Å². The quantitative estimate of drug-likeness (QED) is 0.347. The molecule has 1 amide bonds. The minimum atomic E-state index is 0. The predicted octanol–water partition coefficient (Wildman–Crippen LogP) is 1.48. The first-order valence-corrected chi connectivity index (χ1v) is 10.4. The molecule has 0 aromatic rings. The number of nitrogens with one attached hydrogen (secondary N) is 1. The van der Waals surface area contributed by atoms with Gasteiger partial charge >= 0.3 is 0 Å². The molecular formula is C20H38IN5O2. The van der Waals surface area contributed by atoms with Crippen molar-refractivity contribution in [3.05, 3.63) is 0 Å². The molecule has 3 aliphatic rings. The first-order chi connectivity index (χ1) is 12.8. The number of carbonyl (C=O) groups is 1. The number of rotatable bonds is 5. The van der Waals surface area contributed by atoms with E-state index in [2.05, 4.69) is 35.9 Å². The van der Waals surface area contributed by atoms with Crippen LogP contribution in [0.4, 0.5) is 0 Å². The number of hydrogen-bond acceptors (Lipinski definition) is 4. The molecule has 1 saturated carbocycles. The first-order valence-electron chi connectivity index (χ1n) is 10.4. The van der Waals surface area contributed by atoms with E-state index in [1.165, 1.54) is 0 Å². The summed E-state index contributed by atoms with van der Waals surface area (Å²) in [5, 5.41) is 3.78. The normalized spacial score (nSPS) is 29.5. The fraction of sp³-hybridized carbons (Fsp3) is 0.900. The lowest BCUT2D eigenvalue weighted by atomic mass is 9.57. The van der Waals surface area contributed by atoms with Crippen LogP contribution in [-0.2, 0) is 9.53 Å². The SMILES string of the molecule is CCN=C(NC1C2CCOC2C1(C)C)N1CCN(CCC(=O)N(C)C)CC1.I. The molecule has 0 spiro atoms. The smallest absolute Gasteiger partial charge is 0.223 e. The molecule has 0 aromatic carbocycles. The van der Waals surface area contributed by atoms with Crippen LogP contribution in [-0.4, -0.2) is 98.7 Å². The molecule has 3 atom stereocenters. The van der Waals surface area contributed by atoms with Crippen LogP contribution in [0.2, 0.25) is 0 Å². The summed E-state index contributed by atoms with van der Waals surface area (Å²) in [6.45, 7) is 13.1. The van der Waals surface area contributed by atoms with Gasteiger partial charge in [-0.15, -0.1) is 24.0 Å². The van der Waals surface area contributed by atoms with E-state index in [0.717, 1.165) is 58.3 Å². The van der Waals surface area contributed by atoms with Gasteiger partial charge in [-0.05, 0) is 13.3 Å². The highest BCUT2D eigenvalue weighted by atomic mass is 127. The highest BCUT2D eigenvalue weighted by Crippen LogP contribution is 2.52. The summed E-state index contributed by atoms with van der Waals surface area (Å²) < 4.78 is 5.93. The van der Waals surface area contributed by atoms with Crippen molar-refractivity contribution in [2.45, 2.75) is 45.8 Å². The number of aliphatic imine (C=N–C) groups is 1. The van der Waals surface area contributed by atoms with Crippen molar-refractivity contribution < 1.29 is 9.53 Å². The highest BCUT2D eigenvalue weighted by molar-refractivity contribution is 14.0. The first kappa shape index (κ1) is 23.7. The second kappa shape index (κ2) is 9.93. The number of piperazine rings is 1. The van der Waals surface area contributed by atoms with Gasteiger partial charge in [-0.25, -0.2) is 0 Å². The van der Waals surface area contributed by atoms with E-state index >= 15 is 0 Å². The molecule has 3 unspecified atom stereocenters. The van der Waals surface area contributed by atoms with Crippen LogP contribution < -0.4 is 5.32 Å². The van der Waals surface area contributed by atoms with Crippen molar-refractivity contribution in [1.82, 2.24) is 20.0 Å². The molecule has 2 heterocycles. The molecule has 0 radical (unpaired) electrons. The lowest BCUT2D eigenvalue weighted by Crippen LogP contribution is -2.68. The van der Waals surface area contributed by atoms with E-state index in [9.17, 15) is 4.79 Å². The van der Waals surface area contributed by atoms with E-state index in [4.69, 9.17) is 9.73 Å². The average molecular weight is 507 g/mol. The highest BCUT2D eigenvalue weighted by Gasteiger charge is 2.59. The van der Waals surface area contributed by atoms with Crippen LogP contribution in [0, 0.1) is 11.3 Å². The Morgan fingerprint density at radius 2 is 1.93 bits per heavy atom. The molecular weight excluding hydrogens is 469 g/mol. The van der Waals surface area contributed by atoms with Gasteiger partial charge in [0.2, 0.25) is 5.91 Å². The van der Waals surface area contributed by atoms with Gasteiger partial charge in [0.1, 0.15) is 0 Å². The van der Waals surface area contributed by atoms with Crippen LogP contribution in [0.15, 0.2) is 4.99 Å². The van der Waals surface area contributed by atoms with Crippen molar-refractivity contribution in [3.8, 4) is 0 Å². The van der Waals surface area contributed by atoms with E-state index in [1.54, 1.807) is 4.90 Å². The van der Waals surface area contributed by atoms with Crippen molar-refractivity contribution in [2.75, 3.05) is 60.0 Å². The fourth-order valence-corrected chi connectivity index (χ4v) is 4.80. The number of ether oxygens (including phenoxy) is 1. The fourth-order valence-electron chi connectivity index (χ4n) is 4.80. The van der Waals surface area contributed by atoms with Crippen LogP contribution in [0.5, 0.6) is 0 Å². The second-order valence-corrected chi connectivity index (χ2v) is 8.85. The molecule has 7 nitrogen and oxygen atoms in total. The molecule has 0 aromatic heterocycles. The summed E-state index contributed by atoms with van der Waals surface area (Å²) in [4.78, 5) is 23.0. The Labute approximate surface area is 187 Å². The molecule has 2 aliphatic heterocycles. The standard InChI is InChI=1S/C20H37N5O2.HI/c1-6-21-19(22-17-15-8-14-27-18(15)20(17,2)3)25-12-10-24(11-13-25)9-7-16(26)23(4)5;/h15,17-18H,6-14H2,1-5H3,(H,21,22);1H. The summed E-state index contributed by atoms with van der Waals surface area (Å²) in [6, 6.07) is 0.436. The second-order valence-electron chi connectivity index (χ2n) is 8.85. The van der Waals surface area contributed by atoms with Gasteiger partial charge in [-0.2, -0.15) is 0 Å². The van der Waals surface area contributed by atoms with Crippen molar-refractivity contribution >= 4 is 35.8 Å². The van der Waals surface area contributed by atoms with Gasteiger partial charge in [0.05, 0.1) is 6.10 Å². The predicted molar refractivity (Wildman–Crippen MR) is 123 cm³/mol. The van der Waals surface area contributed by atoms with Crippen LogP contribution in [0.1, 0.15) is 33.6 Å². The number of nitrogens with zero attached hydrogens (tertiary/aromatic N) is 4. The Bertz CT molecular complexity index is 561. The zero-order valence-corrected chi connectivity index (χ0v) is 20.4. The third-order valence-corrected chi connectivity index (χ3v) is 6.51. The number of hydrogen-bond donors (Lipinski definition) is 1. The summed E-state index contributed by atoms with van der Waals surface area (Å²) >= 11 is 0. The van der Waals surface area contributed by atoms with Gasteiger partial charge in [0, 0.05) is 83.8 Å². The molecule has 162 valence electrons. The molecule has 28 heavy (non-hydrogen) atoms. The van der Waals surface area contributed by atoms with E-state index < -0.39 is 0 Å². The van der Waals surface area contributed by atoms with E-state index in [1.807, 2.05) is 14.1 Å². The third-order valence-electron chi connectivity index (χ3n) is 6.51. The van der Waals surface area contributed by atoms with E-state index in [0.29, 0.717) is 24.5 Å². The molecule has 2 saturated heterocycles. The Morgan fingerprint density at radius 3 is 2.54 bits per heavy atom. The molecule has 1 aliphatic carbocycles. The average Bonchev–Trinajstić information content (AvgIpc) is 3.10. The molecule has 1 N–H and O–H groups in total. The van der Waals surface area contributed by atoms with Crippen molar-refractivity contribution in [1.29, 1.82) is 0 Å². The zero-order chi connectivity index (χ0) is 19.6. The van der Waals surface area contributed by atoms with Crippen molar-refractivity contribution in [3.63, 3.8) is 0 Å². The maximum atomic E-state index is 11.8. The van der Waals surface area contributed by atoms with Crippen molar-refractivity contribution in [2.24, 2.45) is 16.3 Å². The Balaban J connectivity index is 0.00000280. The monoisotopic (exact) mass is 507 g/mol. The molecule has 0 bridgehead atoms. The maximum Gasteiger partial charge on any atom is 0.223 e. The minimum Gasteiger partial charge on any atom is -0.377 e. The summed E-state index contributed by atoms with van der Waals surface area (Å²) in [5.74, 6) is 1.86. The lowest BCUT2D eigenvalue weighted by Gasteiger charge is -2.55. The Hall–Kier alpha value is -0.610. The molecule has 8 heteroatoms. The summed E-state index contributed by atoms with van der Waals surface area (Å²) in [6.07, 6.45) is 2.14. The maximum absolute atomic E-state index is 11.8. The van der Waals surface area contributed by atoms with Crippen LogP contribution in [0.3, 0.4) is 0 Å². The topological polar surface area (TPSA) is 60.4 Å². The largest absolute Gasteiger partial charge is 0.377 e. The Morgan fingerprint density at radius 1 is 1.25 bits per heavy atom. The Kier molecular flexibility index (Phi) is 8.39. The van der Waals surface area contributed by atoms with Crippen LogP contribution >= 0.6 is 24.0 Å². The van der Waals surface area contributed by atoms with Gasteiger partial charge in [0.15, 0.2) is 5.96 Å². The minimum absolute atomic E-state index is 0. The number of halogens is 1. The molecule has 3 rings (SSSR count). The van der Waals surface area contributed by atoms with E-state index in [-0.39, 0.29) is 35.3 Å². The van der Waals surface area contributed by atoms with Gasteiger partial charge in [0.25, 0.3) is 0 Å². The molecule has 3 fully saturated rings. The van der Waals surface area contributed by atoms with Gasteiger partial charge in [-0.1, -0.05) is 13.8 Å². The van der Waals surface area contributed by atoms with Gasteiger partial charge < -0.3 is 19.9 Å². The number of guanidine groups is 1. The number of fused-ring (bicyclic) bond motifs is 1. The van der Waals surface area contributed by atoms with Gasteiger partial charge in [-0.3, -0.25) is 14.7 Å².